The third kappa shape index (κ3) is 2.59. The average molecular weight is 275 g/mol. The van der Waals surface area contributed by atoms with Crippen LogP contribution in [0.25, 0.3) is 0 Å². The maximum atomic E-state index is 12.0. The normalized spacial score (nSPS) is 26.6. The van der Waals surface area contributed by atoms with Crippen molar-refractivity contribution in [3.63, 3.8) is 0 Å². The van der Waals surface area contributed by atoms with Gasteiger partial charge in [0.2, 0.25) is 0 Å². The van der Waals surface area contributed by atoms with Crippen LogP contribution in [0.5, 0.6) is 0 Å². The van der Waals surface area contributed by atoms with Crippen LogP contribution in [0, 0.1) is 5.92 Å². The number of rotatable bonds is 2. The Labute approximate surface area is 121 Å². The standard InChI is InChI=1S/C17H25NO2/c1-16(2,3)12-6-8-13(9-7-12)17(4)11-18-10-14(17)15(19)20-5/h6-9,14,18H,10-11H2,1-5H3. The van der Waals surface area contributed by atoms with Gasteiger partial charge in [0.05, 0.1) is 13.0 Å². The lowest BCUT2D eigenvalue weighted by Gasteiger charge is -2.30. The van der Waals surface area contributed by atoms with Gasteiger partial charge in [-0.2, -0.15) is 0 Å². The van der Waals surface area contributed by atoms with Gasteiger partial charge in [0, 0.05) is 18.5 Å². The Bertz CT molecular complexity index is 487. The molecule has 110 valence electrons. The molecule has 1 fully saturated rings. The van der Waals surface area contributed by atoms with Crippen molar-refractivity contribution in [3.8, 4) is 0 Å². The summed E-state index contributed by atoms with van der Waals surface area (Å²) in [6, 6.07) is 8.66. The number of methoxy groups -OCH3 is 1. The second kappa shape index (κ2) is 5.21. The third-order valence-corrected chi connectivity index (χ3v) is 4.51. The lowest BCUT2D eigenvalue weighted by molar-refractivity contribution is -0.146. The zero-order valence-electron chi connectivity index (χ0n) is 13.1. The van der Waals surface area contributed by atoms with Crippen LogP contribution in [-0.4, -0.2) is 26.2 Å². The topological polar surface area (TPSA) is 38.3 Å². The van der Waals surface area contributed by atoms with Crippen molar-refractivity contribution in [1.29, 1.82) is 0 Å². The summed E-state index contributed by atoms with van der Waals surface area (Å²) in [5.41, 5.74) is 2.47. The summed E-state index contributed by atoms with van der Waals surface area (Å²) in [5, 5.41) is 3.32. The van der Waals surface area contributed by atoms with Gasteiger partial charge in [0.1, 0.15) is 0 Å². The zero-order chi connectivity index (χ0) is 15.0. The molecule has 0 radical (unpaired) electrons. The van der Waals surface area contributed by atoms with E-state index in [1.54, 1.807) is 0 Å². The SMILES string of the molecule is COC(=O)C1CNCC1(C)c1ccc(C(C)(C)C)cc1. The van der Waals surface area contributed by atoms with Crippen molar-refractivity contribution in [2.45, 2.75) is 38.5 Å². The summed E-state index contributed by atoms with van der Waals surface area (Å²) >= 11 is 0. The maximum Gasteiger partial charge on any atom is 0.310 e. The summed E-state index contributed by atoms with van der Waals surface area (Å²) in [5.74, 6) is -0.245. The van der Waals surface area contributed by atoms with Crippen molar-refractivity contribution in [2.24, 2.45) is 5.92 Å². The van der Waals surface area contributed by atoms with Gasteiger partial charge in [-0.25, -0.2) is 0 Å². The summed E-state index contributed by atoms with van der Waals surface area (Å²) in [6.07, 6.45) is 0. The Morgan fingerprint density at radius 1 is 1.30 bits per heavy atom. The van der Waals surface area contributed by atoms with E-state index < -0.39 is 0 Å². The summed E-state index contributed by atoms with van der Waals surface area (Å²) in [6.45, 7) is 10.3. The van der Waals surface area contributed by atoms with Crippen molar-refractivity contribution in [2.75, 3.05) is 20.2 Å². The number of carbonyl (C=O) groups is 1. The molecule has 1 aromatic carbocycles. The molecule has 20 heavy (non-hydrogen) atoms. The minimum absolute atomic E-state index is 0.118. The molecule has 0 saturated carbocycles. The van der Waals surface area contributed by atoms with Crippen molar-refractivity contribution in [3.05, 3.63) is 35.4 Å². The minimum Gasteiger partial charge on any atom is -0.469 e. The Morgan fingerprint density at radius 3 is 2.40 bits per heavy atom. The van der Waals surface area contributed by atoms with Crippen LogP contribution in [0.1, 0.15) is 38.8 Å². The number of ether oxygens (including phenoxy) is 1. The van der Waals surface area contributed by atoms with Gasteiger partial charge in [-0.05, 0) is 16.5 Å². The molecule has 3 heteroatoms. The molecular formula is C17H25NO2. The zero-order valence-corrected chi connectivity index (χ0v) is 13.1. The molecule has 0 aromatic heterocycles. The van der Waals surface area contributed by atoms with Crippen molar-refractivity contribution < 1.29 is 9.53 Å². The van der Waals surface area contributed by atoms with Crippen LogP contribution >= 0.6 is 0 Å². The Morgan fingerprint density at radius 2 is 1.90 bits per heavy atom. The molecule has 0 spiro atoms. The first-order valence-electron chi connectivity index (χ1n) is 7.18. The van der Waals surface area contributed by atoms with Crippen LogP contribution in [0.4, 0.5) is 0 Å². The molecule has 1 aliphatic heterocycles. The van der Waals surface area contributed by atoms with Gasteiger partial charge in [-0.1, -0.05) is 52.0 Å². The van der Waals surface area contributed by atoms with Gasteiger partial charge in [-0.15, -0.1) is 0 Å². The predicted molar refractivity (Wildman–Crippen MR) is 80.9 cm³/mol. The van der Waals surface area contributed by atoms with Crippen LogP contribution in [0.3, 0.4) is 0 Å². The van der Waals surface area contributed by atoms with Crippen LogP contribution in [0.15, 0.2) is 24.3 Å². The maximum absolute atomic E-state index is 12.0. The number of carbonyl (C=O) groups excluding carboxylic acids is 1. The molecule has 2 atom stereocenters. The summed E-state index contributed by atoms with van der Waals surface area (Å²) in [7, 11) is 1.46. The van der Waals surface area contributed by atoms with Gasteiger partial charge in [-0.3, -0.25) is 4.79 Å². The smallest absolute Gasteiger partial charge is 0.310 e. The lowest BCUT2D eigenvalue weighted by Crippen LogP contribution is -2.37. The Balaban J connectivity index is 2.32. The lowest BCUT2D eigenvalue weighted by atomic mass is 9.73. The third-order valence-electron chi connectivity index (χ3n) is 4.51. The highest BCUT2D eigenvalue weighted by atomic mass is 16.5. The largest absolute Gasteiger partial charge is 0.469 e. The van der Waals surface area contributed by atoms with Crippen molar-refractivity contribution >= 4 is 5.97 Å². The molecule has 1 saturated heterocycles. The average Bonchev–Trinajstić information content (AvgIpc) is 2.80. The van der Waals surface area contributed by atoms with Gasteiger partial charge in [0.15, 0.2) is 0 Å². The molecular weight excluding hydrogens is 250 g/mol. The first-order valence-corrected chi connectivity index (χ1v) is 7.18. The quantitative estimate of drug-likeness (QED) is 0.843. The van der Waals surface area contributed by atoms with E-state index in [-0.39, 0.29) is 22.7 Å². The molecule has 0 aliphatic carbocycles. The van der Waals surface area contributed by atoms with E-state index >= 15 is 0 Å². The Hall–Kier alpha value is -1.35. The highest BCUT2D eigenvalue weighted by Gasteiger charge is 2.45. The molecule has 2 unspecified atom stereocenters. The Kier molecular flexibility index (Phi) is 3.92. The van der Waals surface area contributed by atoms with Gasteiger partial charge >= 0.3 is 5.97 Å². The first kappa shape index (κ1) is 15.0. The van der Waals surface area contributed by atoms with E-state index in [2.05, 4.69) is 57.3 Å². The second-order valence-corrected chi connectivity index (χ2v) is 6.95. The molecule has 3 nitrogen and oxygen atoms in total. The van der Waals surface area contributed by atoms with E-state index in [0.29, 0.717) is 6.54 Å². The molecule has 1 N–H and O–H groups in total. The summed E-state index contributed by atoms with van der Waals surface area (Å²) < 4.78 is 4.95. The number of nitrogens with one attached hydrogen (secondary N) is 1. The van der Waals surface area contributed by atoms with Gasteiger partial charge < -0.3 is 10.1 Å². The summed E-state index contributed by atoms with van der Waals surface area (Å²) in [4.78, 5) is 12.0. The molecule has 0 amide bonds. The van der Waals surface area contributed by atoms with Crippen LogP contribution in [-0.2, 0) is 20.4 Å². The molecule has 2 rings (SSSR count). The van der Waals surface area contributed by atoms with E-state index in [1.165, 1.54) is 18.2 Å². The molecule has 0 bridgehead atoms. The number of esters is 1. The fourth-order valence-corrected chi connectivity index (χ4v) is 2.96. The molecule has 1 heterocycles. The molecule has 1 aromatic rings. The monoisotopic (exact) mass is 275 g/mol. The number of benzene rings is 1. The predicted octanol–water partition coefficient (Wildman–Crippen LogP) is 2.63. The van der Waals surface area contributed by atoms with E-state index in [0.717, 1.165) is 6.54 Å². The molecule has 1 aliphatic rings. The fourth-order valence-electron chi connectivity index (χ4n) is 2.96. The highest BCUT2D eigenvalue weighted by molar-refractivity contribution is 5.75. The van der Waals surface area contributed by atoms with Crippen molar-refractivity contribution in [1.82, 2.24) is 5.32 Å². The van der Waals surface area contributed by atoms with Crippen LogP contribution in [0.2, 0.25) is 0 Å². The fraction of sp³-hybridized carbons (Fsp3) is 0.588. The highest BCUT2D eigenvalue weighted by Crippen LogP contribution is 2.36. The van der Waals surface area contributed by atoms with E-state index in [9.17, 15) is 4.79 Å². The second-order valence-electron chi connectivity index (χ2n) is 6.95. The van der Waals surface area contributed by atoms with E-state index in [4.69, 9.17) is 4.74 Å². The number of hydrogen-bond donors (Lipinski definition) is 1. The minimum atomic E-state index is -0.191. The van der Waals surface area contributed by atoms with Crippen LogP contribution < -0.4 is 5.32 Å². The first-order chi connectivity index (χ1) is 9.29. The number of hydrogen-bond acceptors (Lipinski definition) is 3. The van der Waals surface area contributed by atoms with E-state index in [1.807, 2.05) is 0 Å². The van der Waals surface area contributed by atoms with Gasteiger partial charge in [0.25, 0.3) is 0 Å².